The lowest BCUT2D eigenvalue weighted by Crippen LogP contribution is -2.14. The van der Waals surface area contributed by atoms with E-state index in [9.17, 15) is 4.57 Å². The lowest BCUT2D eigenvalue weighted by atomic mass is 10.2. The van der Waals surface area contributed by atoms with Gasteiger partial charge in [0.25, 0.3) is 0 Å². The number of rotatable bonds is 11. The molecule has 0 aliphatic heterocycles. The van der Waals surface area contributed by atoms with Gasteiger partial charge >= 0.3 is 7.60 Å². The zero-order chi connectivity index (χ0) is 15.6. The standard InChI is InChI=1S/C17H29O3P/c1-4-6-10-14-19-21(18,20-15-11-7-5-2)17-13-9-8-12-16(17)3/h8-9,12-13H,4-7,10-11,14-15H2,1-3H3. The first-order valence-electron chi connectivity index (χ1n) is 8.09. The van der Waals surface area contributed by atoms with E-state index in [4.69, 9.17) is 9.05 Å². The molecule has 0 radical (unpaired) electrons. The van der Waals surface area contributed by atoms with Crippen molar-refractivity contribution in [3.63, 3.8) is 0 Å². The number of hydrogen-bond acceptors (Lipinski definition) is 3. The van der Waals surface area contributed by atoms with E-state index in [1.807, 2.05) is 31.2 Å². The fourth-order valence-electron chi connectivity index (χ4n) is 2.12. The number of benzene rings is 1. The lowest BCUT2D eigenvalue weighted by Gasteiger charge is -2.20. The molecule has 0 N–H and O–H groups in total. The first-order chi connectivity index (χ1) is 10.1. The van der Waals surface area contributed by atoms with Crippen LogP contribution in [-0.4, -0.2) is 13.2 Å². The molecule has 0 atom stereocenters. The second-order valence-electron chi connectivity index (χ2n) is 5.36. The van der Waals surface area contributed by atoms with Gasteiger partial charge in [-0.05, 0) is 31.4 Å². The minimum Gasteiger partial charge on any atom is -0.305 e. The molecule has 0 aliphatic carbocycles. The Morgan fingerprint density at radius 3 is 1.90 bits per heavy atom. The third-order valence-electron chi connectivity index (χ3n) is 3.43. The molecule has 4 heteroatoms. The average molecular weight is 312 g/mol. The zero-order valence-corrected chi connectivity index (χ0v) is 14.5. The van der Waals surface area contributed by atoms with Crippen molar-refractivity contribution in [2.24, 2.45) is 0 Å². The summed E-state index contributed by atoms with van der Waals surface area (Å²) in [6.45, 7) is 7.22. The second-order valence-corrected chi connectivity index (χ2v) is 7.36. The van der Waals surface area contributed by atoms with Gasteiger partial charge < -0.3 is 9.05 Å². The SMILES string of the molecule is CCCCCOP(=O)(OCCCCC)c1ccccc1C. The van der Waals surface area contributed by atoms with Crippen molar-refractivity contribution >= 4 is 12.9 Å². The van der Waals surface area contributed by atoms with Crippen LogP contribution in [0.5, 0.6) is 0 Å². The van der Waals surface area contributed by atoms with Crippen molar-refractivity contribution in [2.45, 2.75) is 59.3 Å². The molecule has 0 saturated heterocycles. The van der Waals surface area contributed by atoms with Gasteiger partial charge in [-0.3, -0.25) is 4.57 Å². The third-order valence-corrected chi connectivity index (χ3v) is 5.57. The highest BCUT2D eigenvalue weighted by Crippen LogP contribution is 2.48. The fraction of sp³-hybridized carbons (Fsp3) is 0.647. The molecular weight excluding hydrogens is 283 g/mol. The maximum atomic E-state index is 13.1. The highest BCUT2D eigenvalue weighted by Gasteiger charge is 2.28. The molecule has 21 heavy (non-hydrogen) atoms. The molecule has 0 saturated carbocycles. The Hall–Kier alpha value is -0.630. The van der Waals surface area contributed by atoms with Crippen LogP contribution in [0.3, 0.4) is 0 Å². The Labute approximate surface area is 129 Å². The zero-order valence-electron chi connectivity index (χ0n) is 13.6. The topological polar surface area (TPSA) is 35.5 Å². The van der Waals surface area contributed by atoms with E-state index in [0.717, 1.165) is 44.1 Å². The van der Waals surface area contributed by atoms with Crippen molar-refractivity contribution in [2.75, 3.05) is 13.2 Å². The summed E-state index contributed by atoms with van der Waals surface area (Å²) < 4.78 is 24.5. The van der Waals surface area contributed by atoms with Gasteiger partial charge in [-0.15, -0.1) is 0 Å². The number of unbranched alkanes of at least 4 members (excludes halogenated alkanes) is 4. The molecule has 0 aromatic heterocycles. The van der Waals surface area contributed by atoms with Gasteiger partial charge in [0, 0.05) is 0 Å². The van der Waals surface area contributed by atoms with Gasteiger partial charge in [-0.1, -0.05) is 57.7 Å². The molecule has 0 unspecified atom stereocenters. The molecule has 120 valence electrons. The first kappa shape index (κ1) is 18.4. The van der Waals surface area contributed by atoms with E-state index >= 15 is 0 Å². The van der Waals surface area contributed by atoms with Crippen molar-refractivity contribution < 1.29 is 13.6 Å². The van der Waals surface area contributed by atoms with Gasteiger partial charge in [-0.25, -0.2) is 0 Å². The Bertz CT molecular complexity index is 429. The molecule has 0 spiro atoms. The molecular formula is C17H29O3P. The van der Waals surface area contributed by atoms with Gasteiger partial charge in [-0.2, -0.15) is 0 Å². The maximum absolute atomic E-state index is 13.1. The van der Waals surface area contributed by atoms with Gasteiger partial charge in [0.05, 0.1) is 18.5 Å². The summed E-state index contributed by atoms with van der Waals surface area (Å²) in [5.41, 5.74) is 0.965. The first-order valence-corrected chi connectivity index (χ1v) is 9.63. The molecule has 0 bridgehead atoms. The van der Waals surface area contributed by atoms with E-state index in [2.05, 4.69) is 13.8 Å². The fourth-order valence-corrected chi connectivity index (χ4v) is 3.99. The van der Waals surface area contributed by atoms with Crippen LogP contribution in [-0.2, 0) is 13.6 Å². The van der Waals surface area contributed by atoms with E-state index in [-0.39, 0.29) is 0 Å². The van der Waals surface area contributed by atoms with Gasteiger partial charge in [0.15, 0.2) is 0 Å². The van der Waals surface area contributed by atoms with Crippen LogP contribution in [0.25, 0.3) is 0 Å². The summed E-state index contributed by atoms with van der Waals surface area (Å²) in [5.74, 6) is 0. The second kappa shape index (κ2) is 10.2. The van der Waals surface area contributed by atoms with Crippen molar-refractivity contribution in [3.05, 3.63) is 29.8 Å². The van der Waals surface area contributed by atoms with E-state index in [1.165, 1.54) is 0 Å². The molecule has 0 fully saturated rings. The summed E-state index contributed by atoms with van der Waals surface area (Å²) >= 11 is 0. The minimum atomic E-state index is -3.19. The Morgan fingerprint density at radius 1 is 0.905 bits per heavy atom. The third kappa shape index (κ3) is 6.34. The summed E-state index contributed by atoms with van der Waals surface area (Å²) in [6.07, 6.45) is 6.26. The lowest BCUT2D eigenvalue weighted by molar-refractivity contribution is 0.207. The van der Waals surface area contributed by atoms with E-state index < -0.39 is 7.60 Å². The number of aryl methyl sites for hydroxylation is 1. The Morgan fingerprint density at radius 2 is 1.43 bits per heavy atom. The van der Waals surface area contributed by atoms with Crippen LogP contribution in [0.1, 0.15) is 57.9 Å². The van der Waals surface area contributed by atoms with Crippen molar-refractivity contribution in [3.8, 4) is 0 Å². The smallest absolute Gasteiger partial charge is 0.305 e. The van der Waals surface area contributed by atoms with Crippen LogP contribution >= 0.6 is 7.60 Å². The summed E-state index contributed by atoms with van der Waals surface area (Å²) in [6, 6.07) is 7.64. The number of hydrogen-bond donors (Lipinski definition) is 0. The molecule has 1 aromatic carbocycles. The molecule has 1 aromatic rings. The van der Waals surface area contributed by atoms with Crippen LogP contribution in [0.15, 0.2) is 24.3 Å². The molecule has 0 heterocycles. The molecule has 3 nitrogen and oxygen atoms in total. The molecule has 1 rings (SSSR count). The molecule has 0 aliphatic rings. The summed E-state index contributed by atoms with van der Waals surface area (Å²) in [5, 5.41) is 0.706. The predicted molar refractivity (Wildman–Crippen MR) is 89.4 cm³/mol. The van der Waals surface area contributed by atoms with E-state index in [1.54, 1.807) is 0 Å². The maximum Gasteiger partial charge on any atom is 0.361 e. The van der Waals surface area contributed by atoms with Crippen molar-refractivity contribution in [1.29, 1.82) is 0 Å². The van der Waals surface area contributed by atoms with Crippen LogP contribution in [0.4, 0.5) is 0 Å². The Balaban J connectivity index is 2.73. The average Bonchev–Trinajstić information content (AvgIpc) is 2.49. The highest BCUT2D eigenvalue weighted by molar-refractivity contribution is 7.62. The largest absolute Gasteiger partial charge is 0.361 e. The van der Waals surface area contributed by atoms with Gasteiger partial charge in [0.2, 0.25) is 0 Å². The minimum absolute atomic E-state index is 0.493. The summed E-state index contributed by atoms with van der Waals surface area (Å²) in [4.78, 5) is 0. The van der Waals surface area contributed by atoms with E-state index in [0.29, 0.717) is 18.5 Å². The monoisotopic (exact) mass is 312 g/mol. The van der Waals surface area contributed by atoms with Crippen LogP contribution < -0.4 is 5.30 Å². The van der Waals surface area contributed by atoms with Gasteiger partial charge in [0.1, 0.15) is 0 Å². The summed E-state index contributed by atoms with van der Waals surface area (Å²) in [7, 11) is -3.19. The quantitative estimate of drug-likeness (QED) is 0.415. The molecule has 0 amide bonds. The van der Waals surface area contributed by atoms with Crippen molar-refractivity contribution in [1.82, 2.24) is 0 Å². The van der Waals surface area contributed by atoms with Crippen LogP contribution in [0, 0.1) is 6.92 Å². The highest BCUT2D eigenvalue weighted by atomic mass is 31.2. The Kier molecular flexibility index (Phi) is 8.91. The predicted octanol–water partition coefficient (Wildman–Crippen LogP) is 5.23. The van der Waals surface area contributed by atoms with Crippen LogP contribution in [0.2, 0.25) is 0 Å². The normalized spacial score (nSPS) is 11.8.